The molecule has 0 saturated heterocycles. The molecule has 0 atom stereocenters. The Kier molecular flexibility index (Phi) is 5.34. The summed E-state index contributed by atoms with van der Waals surface area (Å²) in [5.41, 5.74) is 0. The van der Waals surface area contributed by atoms with Gasteiger partial charge in [0.25, 0.3) is 0 Å². The molecule has 0 bridgehead atoms. The smallest absolute Gasteiger partial charge is 0.135 e. The first-order valence-corrected chi connectivity index (χ1v) is 7.06. The van der Waals surface area contributed by atoms with Gasteiger partial charge < -0.3 is 15.2 Å². The quantitative estimate of drug-likeness (QED) is 0.567. The minimum atomic E-state index is 0.0804. The highest BCUT2D eigenvalue weighted by Crippen LogP contribution is 2.38. The predicted molar refractivity (Wildman–Crippen MR) is 72.7 cm³/mol. The molecule has 1 fully saturated rings. The maximum absolute atomic E-state index is 8.56. The van der Waals surface area contributed by atoms with E-state index in [1.807, 2.05) is 6.07 Å². The van der Waals surface area contributed by atoms with Gasteiger partial charge in [-0.1, -0.05) is 0 Å². The average molecular weight is 316 g/mol. The van der Waals surface area contributed by atoms with Crippen LogP contribution in [0.5, 0.6) is 0 Å². The molecule has 100 valence electrons. The summed E-state index contributed by atoms with van der Waals surface area (Å²) in [5.74, 6) is 2.35. The maximum atomic E-state index is 8.56. The topological polar surface area (TPSA) is 67.3 Å². The fraction of sp³-hybridized carbons (Fsp3) is 0.667. The zero-order valence-electron chi connectivity index (χ0n) is 10.2. The van der Waals surface area contributed by atoms with Gasteiger partial charge in [0.05, 0.1) is 13.2 Å². The van der Waals surface area contributed by atoms with Gasteiger partial charge in [-0.3, -0.25) is 0 Å². The van der Waals surface area contributed by atoms with Crippen LogP contribution in [0.2, 0.25) is 0 Å². The summed E-state index contributed by atoms with van der Waals surface area (Å²) in [5, 5.41) is 11.8. The number of aliphatic hydroxyl groups excluding tert-OH is 1. The molecule has 1 aliphatic rings. The molecule has 0 aromatic carbocycles. The van der Waals surface area contributed by atoms with E-state index in [2.05, 4.69) is 31.2 Å². The zero-order valence-corrected chi connectivity index (χ0v) is 11.8. The molecule has 0 radical (unpaired) electrons. The van der Waals surface area contributed by atoms with Gasteiger partial charge in [-0.15, -0.1) is 0 Å². The van der Waals surface area contributed by atoms with Crippen molar-refractivity contribution in [2.45, 2.75) is 25.2 Å². The summed E-state index contributed by atoms with van der Waals surface area (Å²) in [4.78, 5) is 8.87. The monoisotopic (exact) mass is 315 g/mol. The molecule has 2 N–H and O–H groups in total. The molecule has 5 nitrogen and oxygen atoms in total. The third-order valence-electron chi connectivity index (χ3n) is 2.66. The van der Waals surface area contributed by atoms with E-state index in [-0.39, 0.29) is 6.61 Å². The number of halogens is 1. The maximum Gasteiger partial charge on any atom is 0.135 e. The first-order chi connectivity index (χ1) is 8.79. The SMILES string of the molecule is OCCOCCCNc1cc(Br)nc(C2CC2)n1. The minimum Gasteiger partial charge on any atom is -0.394 e. The number of hydrogen-bond acceptors (Lipinski definition) is 5. The number of aliphatic hydroxyl groups is 1. The summed E-state index contributed by atoms with van der Waals surface area (Å²) < 4.78 is 6.02. The van der Waals surface area contributed by atoms with E-state index in [0.717, 1.165) is 29.2 Å². The molecule has 6 heteroatoms. The van der Waals surface area contributed by atoms with E-state index >= 15 is 0 Å². The standard InChI is InChI=1S/C12H18BrN3O2/c13-10-8-11(14-4-1-6-18-7-5-17)16-12(15-10)9-2-3-9/h8-9,17H,1-7H2,(H,14,15,16). The Hall–Kier alpha value is -0.720. The molecule has 0 unspecified atom stereocenters. The van der Waals surface area contributed by atoms with Crippen molar-refractivity contribution in [1.29, 1.82) is 0 Å². The molecule has 2 rings (SSSR count). The summed E-state index contributed by atoms with van der Waals surface area (Å²) >= 11 is 3.41. The summed E-state index contributed by atoms with van der Waals surface area (Å²) in [6, 6.07) is 1.89. The number of anilines is 1. The molecule has 0 amide bonds. The van der Waals surface area contributed by atoms with E-state index in [9.17, 15) is 0 Å². The second-order valence-corrected chi connectivity index (χ2v) is 5.14. The first kappa shape index (κ1) is 13.7. The highest BCUT2D eigenvalue weighted by molar-refractivity contribution is 9.10. The number of rotatable bonds is 8. The Morgan fingerprint density at radius 2 is 2.22 bits per heavy atom. The van der Waals surface area contributed by atoms with E-state index in [1.54, 1.807) is 0 Å². The number of nitrogens with one attached hydrogen (secondary N) is 1. The van der Waals surface area contributed by atoms with Gasteiger partial charge in [0, 0.05) is 25.1 Å². The van der Waals surface area contributed by atoms with Crippen LogP contribution >= 0.6 is 15.9 Å². The van der Waals surface area contributed by atoms with Crippen molar-refractivity contribution in [3.63, 3.8) is 0 Å². The van der Waals surface area contributed by atoms with Crippen molar-refractivity contribution in [1.82, 2.24) is 9.97 Å². The van der Waals surface area contributed by atoms with Crippen molar-refractivity contribution < 1.29 is 9.84 Å². The Labute approximate surface area is 115 Å². The zero-order chi connectivity index (χ0) is 12.8. The Bertz CT molecular complexity index is 386. The molecule has 0 aliphatic heterocycles. The van der Waals surface area contributed by atoms with Crippen LogP contribution in [0.3, 0.4) is 0 Å². The molecular formula is C12H18BrN3O2. The van der Waals surface area contributed by atoms with Gasteiger partial charge in [0.2, 0.25) is 0 Å². The molecule has 1 saturated carbocycles. The largest absolute Gasteiger partial charge is 0.394 e. The van der Waals surface area contributed by atoms with E-state index in [4.69, 9.17) is 9.84 Å². The highest BCUT2D eigenvalue weighted by Gasteiger charge is 2.27. The van der Waals surface area contributed by atoms with Gasteiger partial charge in [-0.2, -0.15) is 0 Å². The summed E-state index contributed by atoms with van der Waals surface area (Å²) in [6.07, 6.45) is 3.29. The van der Waals surface area contributed by atoms with E-state index in [0.29, 0.717) is 19.1 Å². The lowest BCUT2D eigenvalue weighted by atomic mass is 10.4. The lowest BCUT2D eigenvalue weighted by Gasteiger charge is -2.07. The lowest BCUT2D eigenvalue weighted by molar-refractivity contribution is 0.0922. The third-order valence-corrected chi connectivity index (χ3v) is 3.07. The molecule has 0 spiro atoms. The van der Waals surface area contributed by atoms with Crippen molar-refractivity contribution in [2.24, 2.45) is 0 Å². The van der Waals surface area contributed by atoms with Crippen LogP contribution in [0.25, 0.3) is 0 Å². The number of nitrogens with zero attached hydrogens (tertiary/aromatic N) is 2. The Morgan fingerprint density at radius 1 is 1.39 bits per heavy atom. The lowest BCUT2D eigenvalue weighted by Crippen LogP contribution is -2.09. The third kappa shape index (κ3) is 4.51. The molecular weight excluding hydrogens is 298 g/mol. The van der Waals surface area contributed by atoms with Crippen LogP contribution < -0.4 is 5.32 Å². The first-order valence-electron chi connectivity index (χ1n) is 6.26. The Balaban J connectivity index is 1.74. The van der Waals surface area contributed by atoms with Crippen molar-refractivity contribution in [2.75, 3.05) is 31.7 Å². The van der Waals surface area contributed by atoms with E-state index < -0.39 is 0 Å². The number of aromatic nitrogens is 2. The molecule has 1 aromatic rings. The van der Waals surface area contributed by atoms with Crippen LogP contribution in [0.1, 0.15) is 31.0 Å². The number of hydrogen-bond donors (Lipinski definition) is 2. The van der Waals surface area contributed by atoms with Crippen LogP contribution in [-0.2, 0) is 4.74 Å². The van der Waals surface area contributed by atoms with Gasteiger partial charge in [0.1, 0.15) is 16.2 Å². The highest BCUT2D eigenvalue weighted by atomic mass is 79.9. The average Bonchev–Trinajstić information content (AvgIpc) is 3.17. The summed E-state index contributed by atoms with van der Waals surface area (Å²) in [6.45, 7) is 1.94. The van der Waals surface area contributed by atoms with Gasteiger partial charge in [-0.25, -0.2) is 9.97 Å². The van der Waals surface area contributed by atoms with Crippen molar-refractivity contribution in [3.8, 4) is 0 Å². The summed E-state index contributed by atoms with van der Waals surface area (Å²) in [7, 11) is 0. The van der Waals surface area contributed by atoms with Gasteiger partial charge >= 0.3 is 0 Å². The molecule has 1 aliphatic carbocycles. The van der Waals surface area contributed by atoms with Crippen molar-refractivity contribution in [3.05, 3.63) is 16.5 Å². The van der Waals surface area contributed by atoms with Gasteiger partial charge in [0.15, 0.2) is 0 Å². The fourth-order valence-electron chi connectivity index (χ4n) is 1.61. The molecule has 18 heavy (non-hydrogen) atoms. The Morgan fingerprint density at radius 3 is 2.94 bits per heavy atom. The second kappa shape index (κ2) is 7.01. The van der Waals surface area contributed by atoms with Crippen LogP contribution in [0.15, 0.2) is 10.7 Å². The fourth-order valence-corrected chi connectivity index (χ4v) is 2.01. The second-order valence-electron chi connectivity index (χ2n) is 4.32. The minimum absolute atomic E-state index is 0.0804. The van der Waals surface area contributed by atoms with Crippen LogP contribution in [0.4, 0.5) is 5.82 Å². The molecule has 1 aromatic heterocycles. The predicted octanol–water partition coefficient (Wildman–Crippen LogP) is 1.93. The van der Waals surface area contributed by atoms with Crippen LogP contribution in [-0.4, -0.2) is 41.4 Å². The number of ether oxygens (including phenoxy) is 1. The normalized spacial score (nSPS) is 14.8. The van der Waals surface area contributed by atoms with E-state index in [1.165, 1.54) is 12.8 Å². The van der Waals surface area contributed by atoms with Crippen molar-refractivity contribution >= 4 is 21.7 Å². The molecule has 1 heterocycles. The van der Waals surface area contributed by atoms with Gasteiger partial charge in [-0.05, 0) is 35.2 Å². The van der Waals surface area contributed by atoms with Crippen LogP contribution in [0, 0.1) is 0 Å².